The van der Waals surface area contributed by atoms with Crippen LogP contribution in [0.2, 0.25) is 0 Å². The monoisotopic (exact) mass is 320 g/mol. The third-order valence-electron chi connectivity index (χ3n) is 3.88. The first-order valence-electron chi connectivity index (χ1n) is 7.95. The van der Waals surface area contributed by atoms with Crippen molar-refractivity contribution in [2.45, 2.75) is 6.10 Å². The van der Waals surface area contributed by atoms with Crippen LogP contribution in [0.25, 0.3) is 10.8 Å². The third-order valence-corrected chi connectivity index (χ3v) is 3.88. The van der Waals surface area contributed by atoms with Gasteiger partial charge in [0.1, 0.15) is 0 Å². The maximum Gasteiger partial charge on any atom is 0.239 e. The molecule has 122 valence electrons. The molecule has 3 rings (SSSR count). The number of rotatable bonds is 6. The molecule has 0 aliphatic rings. The van der Waals surface area contributed by atoms with E-state index in [2.05, 4.69) is 10.6 Å². The largest absolute Gasteiger partial charge is 0.387 e. The Hall–Kier alpha value is -2.85. The van der Waals surface area contributed by atoms with Gasteiger partial charge in [0.2, 0.25) is 5.91 Å². The zero-order valence-electron chi connectivity index (χ0n) is 13.3. The van der Waals surface area contributed by atoms with Gasteiger partial charge >= 0.3 is 0 Å². The summed E-state index contributed by atoms with van der Waals surface area (Å²) in [5.41, 5.74) is 1.69. The highest BCUT2D eigenvalue weighted by Gasteiger charge is 2.10. The van der Waals surface area contributed by atoms with Gasteiger partial charge in [0.15, 0.2) is 0 Å². The summed E-state index contributed by atoms with van der Waals surface area (Å²) in [5.74, 6) is -0.154. The van der Waals surface area contributed by atoms with Crippen molar-refractivity contribution in [1.82, 2.24) is 5.32 Å². The van der Waals surface area contributed by atoms with Gasteiger partial charge in [0.05, 0.1) is 12.6 Å². The number of hydrogen-bond acceptors (Lipinski definition) is 3. The number of carbonyl (C=O) groups excluding carboxylic acids is 1. The van der Waals surface area contributed by atoms with E-state index in [1.54, 1.807) is 0 Å². The topological polar surface area (TPSA) is 61.4 Å². The standard InChI is InChI=1S/C20H20N2O2/c23-19(17-11-10-15-6-4-5-7-16(15)12-17)13-22-20(24)14-21-18-8-2-1-3-9-18/h1-12,19,21,23H,13-14H2,(H,22,24). The molecule has 0 aliphatic carbocycles. The summed E-state index contributed by atoms with van der Waals surface area (Å²) in [5, 5.41) is 18.3. The van der Waals surface area contributed by atoms with Crippen LogP contribution < -0.4 is 10.6 Å². The molecular formula is C20H20N2O2. The number of hydrogen-bond donors (Lipinski definition) is 3. The Morgan fingerprint density at radius 1 is 0.917 bits per heavy atom. The summed E-state index contributed by atoms with van der Waals surface area (Å²) < 4.78 is 0. The van der Waals surface area contributed by atoms with Crippen molar-refractivity contribution < 1.29 is 9.90 Å². The Balaban J connectivity index is 1.52. The fraction of sp³-hybridized carbons (Fsp3) is 0.150. The van der Waals surface area contributed by atoms with Gasteiger partial charge in [-0.1, -0.05) is 54.6 Å². The first-order valence-corrected chi connectivity index (χ1v) is 7.95. The quantitative estimate of drug-likeness (QED) is 0.654. The minimum absolute atomic E-state index is 0.154. The van der Waals surface area contributed by atoms with Crippen molar-refractivity contribution in [1.29, 1.82) is 0 Å². The predicted octanol–water partition coefficient (Wildman–Crippen LogP) is 3.10. The maximum atomic E-state index is 11.9. The lowest BCUT2D eigenvalue weighted by Crippen LogP contribution is -2.33. The minimum Gasteiger partial charge on any atom is -0.387 e. The number of aliphatic hydroxyl groups excluding tert-OH is 1. The van der Waals surface area contributed by atoms with Crippen LogP contribution >= 0.6 is 0 Å². The molecule has 3 aromatic rings. The van der Waals surface area contributed by atoms with E-state index in [0.29, 0.717) is 0 Å². The van der Waals surface area contributed by atoms with Crippen LogP contribution in [-0.4, -0.2) is 24.1 Å². The zero-order valence-corrected chi connectivity index (χ0v) is 13.3. The van der Waals surface area contributed by atoms with Gasteiger partial charge in [-0.25, -0.2) is 0 Å². The van der Waals surface area contributed by atoms with E-state index >= 15 is 0 Å². The van der Waals surface area contributed by atoms with Crippen LogP contribution in [0.3, 0.4) is 0 Å². The van der Waals surface area contributed by atoms with E-state index in [-0.39, 0.29) is 19.0 Å². The van der Waals surface area contributed by atoms with Gasteiger partial charge in [-0.3, -0.25) is 4.79 Å². The number of anilines is 1. The van der Waals surface area contributed by atoms with Gasteiger partial charge in [-0.05, 0) is 34.5 Å². The molecule has 0 bridgehead atoms. The fourth-order valence-electron chi connectivity index (χ4n) is 2.54. The summed E-state index contributed by atoms with van der Waals surface area (Å²) in [4.78, 5) is 11.9. The lowest BCUT2D eigenvalue weighted by atomic mass is 10.0. The molecule has 3 N–H and O–H groups in total. The lowest BCUT2D eigenvalue weighted by Gasteiger charge is -2.13. The molecule has 4 heteroatoms. The van der Waals surface area contributed by atoms with E-state index in [1.165, 1.54) is 0 Å². The summed E-state index contributed by atoms with van der Waals surface area (Å²) >= 11 is 0. The summed E-state index contributed by atoms with van der Waals surface area (Å²) in [6.45, 7) is 0.363. The van der Waals surface area contributed by atoms with Gasteiger partial charge in [-0.15, -0.1) is 0 Å². The second kappa shape index (κ2) is 7.62. The molecule has 0 saturated heterocycles. The Kier molecular flexibility index (Phi) is 5.08. The Morgan fingerprint density at radius 2 is 1.62 bits per heavy atom. The smallest absolute Gasteiger partial charge is 0.239 e. The molecule has 1 atom stereocenters. The van der Waals surface area contributed by atoms with Crippen molar-refractivity contribution in [3.63, 3.8) is 0 Å². The molecule has 1 amide bonds. The van der Waals surface area contributed by atoms with Crippen LogP contribution in [0.15, 0.2) is 72.8 Å². The fourth-order valence-corrected chi connectivity index (χ4v) is 2.54. The first kappa shape index (κ1) is 16.0. The average molecular weight is 320 g/mol. The Morgan fingerprint density at radius 3 is 2.42 bits per heavy atom. The molecule has 4 nitrogen and oxygen atoms in total. The molecule has 0 saturated carbocycles. The molecular weight excluding hydrogens is 300 g/mol. The Labute approximate surface area is 141 Å². The number of benzene rings is 3. The van der Waals surface area contributed by atoms with Crippen LogP contribution in [0.5, 0.6) is 0 Å². The normalized spacial score (nSPS) is 11.9. The Bertz CT molecular complexity index is 818. The predicted molar refractivity (Wildman–Crippen MR) is 96.8 cm³/mol. The summed E-state index contributed by atoms with van der Waals surface area (Å²) in [7, 11) is 0. The molecule has 0 heterocycles. The summed E-state index contributed by atoms with van der Waals surface area (Å²) in [6, 6.07) is 23.3. The van der Waals surface area contributed by atoms with E-state index in [1.807, 2.05) is 72.8 Å². The highest BCUT2D eigenvalue weighted by Crippen LogP contribution is 2.20. The number of para-hydroxylation sites is 1. The van der Waals surface area contributed by atoms with E-state index in [0.717, 1.165) is 22.0 Å². The van der Waals surface area contributed by atoms with Crippen LogP contribution in [0.4, 0.5) is 5.69 Å². The maximum absolute atomic E-state index is 11.9. The van der Waals surface area contributed by atoms with Crippen molar-refractivity contribution in [2.24, 2.45) is 0 Å². The zero-order chi connectivity index (χ0) is 16.8. The number of amides is 1. The molecule has 0 fully saturated rings. The molecule has 24 heavy (non-hydrogen) atoms. The van der Waals surface area contributed by atoms with Crippen LogP contribution in [-0.2, 0) is 4.79 Å². The van der Waals surface area contributed by atoms with Crippen molar-refractivity contribution in [2.75, 3.05) is 18.4 Å². The number of carbonyl (C=O) groups is 1. The highest BCUT2D eigenvalue weighted by molar-refractivity contribution is 5.83. The third kappa shape index (κ3) is 4.12. The molecule has 0 spiro atoms. The number of aliphatic hydroxyl groups is 1. The SMILES string of the molecule is O=C(CNc1ccccc1)NCC(O)c1ccc2ccccc2c1. The molecule has 0 radical (unpaired) electrons. The second-order valence-electron chi connectivity index (χ2n) is 5.65. The van der Waals surface area contributed by atoms with Crippen molar-refractivity contribution >= 4 is 22.4 Å². The molecule has 0 aliphatic heterocycles. The van der Waals surface area contributed by atoms with Crippen LogP contribution in [0, 0.1) is 0 Å². The van der Waals surface area contributed by atoms with Crippen LogP contribution in [0.1, 0.15) is 11.7 Å². The van der Waals surface area contributed by atoms with Gasteiger partial charge in [0.25, 0.3) is 0 Å². The molecule has 3 aromatic carbocycles. The second-order valence-corrected chi connectivity index (χ2v) is 5.65. The van der Waals surface area contributed by atoms with Gasteiger partial charge in [-0.2, -0.15) is 0 Å². The minimum atomic E-state index is -0.727. The lowest BCUT2D eigenvalue weighted by molar-refractivity contribution is -0.119. The van der Waals surface area contributed by atoms with Crippen molar-refractivity contribution in [3.05, 3.63) is 78.4 Å². The number of fused-ring (bicyclic) bond motifs is 1. The number of nitrogens with one attached hydrogen (secondary N) is 2. The van der Waals surface area contributed by atoms with E-state index < -0.39 is 6.10 Å². The van der Waals surface area contributed by atoms with Crippen molar-refractivity contribution in [3.8, 4) is 0 Å². The summed E-state index contributed by atoms with van der Waals surface area (Å²) in [6.07, 6.45) is -0.727. The first-order chi connectivity index (χ1) is 11.7. The molecule has 1 unspecified atom stereocenters. The van der Waals surface area contributed by atoms with E-state index in [9.17, 15) is 9.90 Å². The van der Waals surface area contributed by atoms with E-state index in [4.69, 9.17) is 0 Å². The van der Waals surface area contributed by atoms with Gasteiger partial charge in [0, 0.05) is 12.2 Å². The average Bonchev–Trinajstić information content (AvgIpc) is 2.65. The van der Waals surface area contributed by atoms with Gasteiger partial charge < -0.3 is 15.7 Å². The molecule has 0 aromatic heterocycles. The highest BCUT2D eigenvalue weighted by atomic mass is 16.3.